The number of carbonyl (C=O) groups excluding carboxylic acids is 2. The van der Waals surface area contributed by atoms with Crippen molar-refractivity contribution in [1.82, 2.24) is 10.2 Å². The molecule has 2 aromatic rings. The first-order valence-corrected chi connectivity index (χ1v) is 10.1. The minimum atomic E-state index is -0.739. The molecule has 0 heterocycles. The van der Waals surface area contributed by atoms with Gasteiger partial charge < -0.3 is 15.0 Å². The third-order valence-electron chi connectivity index (χ3n) is 4.42. The predicted molar refractivity (Wildman–Crippen MR) is 116 cm³/mol. The molecule has 0 aliphatic rings. The minimum absolute atomic E-state index is 0.154. The second kappa shape index (κ2) is 9.94. The number of aryl methyl sites for hydroxylation is 1. The second-order valence-corrected chi connectivity index (χ2v) is 8.67. The van der Waals surface area contributed by atoms with Crippen LogP contribution in [0.1, 0.15) is 38.8 Å². The van der Waals surface area contributed by atoms with E-state index in [2.05, 4.69) is 5.32 Å². The van der Waals surface area contributed by atoms with Crippen molar-refractivity contribution in [3.8, 4) is 5.75 Å². The quantitative estimate of drug-likeness (QED) is 0.698. The largest absolute Gasteiger partial charge is 0.484 e. The van der Waals surface area contributed by atoms with Gasteiger partial charge in [0.25, 0.3) is 5.91 Å². The molecule has 0 spiro atoms. The van der Waals surface area contributed by atoms with Crippen LogP contribution in [0.2, 0.25) is 5.02 Å². The second-order valence-electron chi connectivity index (χ2n) is 8.26. The van der Waals surface area contributed by atoms with Crippen LogP contribution >= 0.6 is 11.6 Å². The van der Waals surface area contributed by atoms with Crippen molar-refractivity contribution in [3.63, 3.8) is 0 Å². The van der Waals surface area contributed by atoms with Crippen LogP contribution in [-0.4, -0.2) is 34.9 Å². The lowest BCUT2D eigenvalue weighted by Crippen LogP contribution is -2.53. The molecule has 2 amide bonds. The van der Waals surface area contributed by atoms with Crippen molar-refractivity contribution in [1.29, 1.82) is 0 Å². The van der Waals surface area contributed by atoms with Crippen LogP contribution in [-0.2, 0) is 16.1 Å². The molecule has 5 nitrogen and oxygen atoms in total. The van der Waals surface area contributed by atoms with Crippen LogP contribution in [0.3, 0.4) is 0 Å². The fraction of sp³-hybridized carbons (Fsp3) is 0.391. The fourth-order valence-electron chi connectivity index (χ4n) is 2.78. The van der Waals surface area contributed by atoms with Crippen molar-refractivity contribution in [3.05, 3.63) is 64.4 Å². The summed E-state index contributed by atoms with van der Waals surface area (Å²) in [6, 6.07) is 10.2. The average Bonchev–Trinajstić information content (AvgIpc) is 2.66. The third kappa shape index (κ3) is 7.02. The number of benzene rings is 2. The highest BCUT2D eigenvalue weighted by atomic mass is 35.5. The van der Waals surface area contributed by atoms with Crippen LogP contribution in [0.15, 0.2) is 42.5 Å². The van der Waals surface area contributed by atoms with Gasteiger partial charge in [-0.1, -0.05) is 23.7 Å². The number of nitrogens with zero attached hydrogens (tertiary/aromatic N) is 1. The van der Waals surface area contributed by atoms with Gasteiger partial charge in [0.05, 0.1) is 0 Å². The molecule has 0 unspecified atom stereocenters. The molecule has 0 radical (unpaired) electrons. The maximum Gasteiger partial charge on any atom is 0.261 e. The van der Waals surface area contributed by atoms with Gasteiger partial charge in [0.2, 0.25) is 5.91 Å². The Labute approximate surface area is 182 Å². The molecule has 1 atom stereocenters. The van der Waals surface area contributed by atoms with Gasteiger partial charge in [-0.05, 0) is 76.1 Å². The van der Waals surface area contributed by atoms with Crippen LogP contribution in [0, 0.1) is 12.7 Å². The van der Waals surface area contributed by atoms with Crippen LogP contribution in [0.25, 0.3) is 0 Å². The Morgan fingerprint density at radius 2 is 1.80 bits per heavy atom. The Hall–Kier alpha value is -2.60. The molecule has 0 fully saturated rings. The van der Waals surface area contributed by atoms with Crippen LogP contribution in [0.5, 0.6) is 5.75 Å². The summed E-state index contributed by atoms with van der Waals surface area (Å²) < 4.78 is 18.9. The first-order chi connectivity index (χ1) is 14.0. The Morgan fingerprint density at radius 3 is 2.37 bits per heavy atom. The normalized spacial score (nSPS) is 12.2. The zero-order valence-corrected chi connectivity index (χ0v) is 18.7. The number of ether oxygens (including phenoxy) is 1. The third-order valence-corrected chi connectivity index (χ3v) is 4.85. The Bertz CT molecular complexity index is 894. The standard InChI is InChI=1S/C23H28ClFN2O3/c1-15-12-19(10-11-20(15)24)30-14-21(28)27(13-17-6-8-18(25)9-7-17)16(2)22(29)26-23(3,4)5/h6-12,16H,13-14H2,1-5H3,(H,26,29)/t16-/m0/s1. The van der Waals surface area contributed by atoms with Crippen molar-refractivity contribution in [2.45, 2.75) is 52.7 Å². The lowest BCUT2D eigenvalue weighted by Gasteiger charge is -2.31. The molecular weight excluding hydrogens is 407 g/mol. The lowest BCUT2D eigenvalue weighted by atomic mass is 10.1. The summed E-state index contributed by atoms with van der Waals surface area (Å²) in [5, 5.41) is 3.50. The summed E-state index contributed by atoms with van der Waals surface area (Å²) in [6.45, 7) is 9.03. The molecule has 0 aromatic heterocycles. The van der Waals surface area contributed by atoms with Crippen molar-refractivity contribution in [2.24, 2.45) is 0 Å². The highest BCUT2D eigenvalue weighted by molar-refractivity contribution is 6.31. The van der Waals surface area contributed by atoms with Gasteiger partial charge >= 0.3 is 0 Å². The van der Waals surface area contributed by atoms with E-state index < -0.39 is 11.6 Å². The number of nitrogens with one attached hydrogen (secondary N) is 1. The Kier molecular flexibility index (Phi) is 7.84. The maximum absolute atomic E-state index is 13.3. The summed E-state index contributed by atoms with van der Waals surface area (Å²) >= 11 is 6.02. The highest BCUT2D eigenvalue weighted by Crippen LogP contribution is 2.21. The molecule has 2 aromatic carbocycles. The number of carbonyl (C=O) groups is 2. The molecule has 0 saturated heterocycles. The summed E-state index contributed by atoms with van der Waals surface area (Å²) in [6.07, 6.45) is 0. The van der Waals surface area contributed by atoms with Crippen LogP contribution in [0.4, 0.5) is 4.39 Å². The highest BCUT2D eigenvalue weighted by Gasteiger charge is 2.28. The Morgan fingerprint density at radius 1 is 1.17 bits per heavy atom. The summed E-state index contributed by atoms with van der Waals surface area (Å²) in [4.78, 5) is 27.1. The first-order valence-electron chi connectivity index (χ1n) is 9.71. The zero-order chi connectivity index (χ0) is 22.5. The van der Waals surface area contributed by atoms with E-state index in [0.717, 1.165) is 5.56 Å². The van der Waals surface area contributed by atoms with Gasteiger partial charge in [-0.2, -0.15) is 0 Å². The smallest absolute Gasteiger partial charge is 0.261 e. The summed E-state index contributed by atoms with van der Waals surface area (Å²) in [5.41, 5.74) is 1.11. The lowest BCUT2D eigenvalue weighted by molar-refractivity contribution is -0.142. The molecular formula is C23H28ClFN2O3. The van der Waals surface area contributed by atoms with E-state index >= 15 is 0 Å². The molecule has 30 heavy (non-hydrogen) atoms. The van der Waals surface area contributed by atoms with Gasteiger partial charge in [-0.3, -0.25) is 9.59 Å². The SMILES string of the molecule is Cc1cc(OCC(=O)N(Cc2ccc(F)cc2)[C@@H](C)C(=O)NC(C)(C)C)ccc1Cl. The molecule has 7 heteroatoms. The summed E-state index contributed by atoms with van der Waals surface area (Å²) in [5.74, 6) is -0.487. The topological polar surface area (TPSA) is 58.6 Å². The van der Waals surface area contributed by atoms with Crippen LogP contribution < -0.4 is 10.1 Å². The van der Waals surface area contributed by atoms with E-state index in [1.807, 2.05) is 27.7 Å². The predicted octanol–water partition coefficient (Wildman–Crippen LogP) is 4.50. The van der Waals surface area contributed by atoms with Gasteiger partial charge in [0.1, 0.15) is 17.6 Å². The van der Waals surface area contributed by atoms with E-state index in [1.165, 1.54) is 17.0 Å². The van der Waals surface area contributed by atoms with Crippen molar-refractivity contribution in [2.75, 3.05) is 6.61 Å². The number of rotatable bonds is 7. The van der Waals surface area contributed by atoms with Crippen molar-refractivity contribution < 1.29 is 18.7 Å². The molecule has 0 bridgehead atoms. The summed E-state index contributed by atoms with van der Waals surface area (Å²) in [7, 11) is 0. The maximum atomic E-state index is 13.3. The van der Waals surface area contributed by atoms with E-state index in [0.29, 0.717) is 16.3 Å². The van der Waals surface area contributed by atoms with Gasteiger partial charge in [0, 0.05) is 17.1 Å². The van der Waals surface area contributed by atoms with Gasteiger partial charge in [0.15, 0.2) is 6.61 Å². The van der Waals surface area contributed by atoms with Gasteiger partial charge in [-0.25, -0.2) is 4.39 Å². The fourth-order valence-corrected chi connectivity index (χ4v) is 2.90. The molecule has 0 aliphatic carbocycles. The number of hydrogen-bond acceptors (Lipinski definition) is 3. The minimum Gasteiger partial charge on any atom is -0.484 e. The molecule has 162 valence electrons. The van der Waals surface area contributed by atoms with E-state index in [4.69, 9.17) is 16.3 Å². The van der Waals surface area contributed by atoms with Crippen molar-refractivity contribution >= 4 is 23.4 Å². The first kappa shape index (κ1) is 23.7. The van der Waals surface area contributed by atoms with E-state index in [-0.39, 0.29) is 30.8 Å². The zero-order valence-electron chi connectivity index (χ0n) is 18.0. The van der Waals surface area contributed by atoms with E-state index in [1.54, 1.807) is 37.3 Å². The average molecular weight is 435 g/mol. The Balaban J connectivity index is 2.17. The molecule has 0 saturated carbocycles. The monoisotopic (exact) mass is 434 g/mol. The molecule has 0 aliphatic heterocycles. The number of amides is 2. The molecule has 2 rings (SSSR count). The van der Waals surface area contributed by atoms with E-state index in [9.17, 15) is 14.0 Å². The van der Waals surface area contributed by atoms with Gasteiger partial charge in [-0.15, -0.1) is 0 Å². The molecule has 1 N–H and O–H groups in total. The number of halogens is 2. The number of hydrogen-bond donors (Lipinski definition) is 1.